The zero-order valence-electron chi connectivity index (χ0n) is 14.7. The first-order valence-corrected chi connectivity index (χ1v) is 8.61. The number of fused-ring (bicyclic) bond motifs is 1. The Hall–Kier alpha value is -2.08. The van der Waals surface area contributed by atoms with Gasteiger partial charge in [-0.25, -0.2) is 4.79 Å². The van der Waals surface area contributed by atoms with Gasteiger partial charge in [-0.2, -0.15) is 0 Å². The van der Waals surface area contributed by atoms with Gasteiger partial charge in [-0.3, -0.25) is 18.8 Å². The molecule has 0 aliphatic carbocycles. The van der Waals surface area contributed by atoms with E-state index in [0.29, 0.717) is 6.54 Å². The van der Waals surface area contributed by atoms with E-state index in [-0.39, 0.29) is 17.6 Å². The summed E-state index contributed by atoms with van der Waals surface area (Å²) in [7, 11) is 5.57. The fourth-order valence-corrected chi connectivity index (χ4v) is 3.55. The number of likely N-dealkylation sites (tertiary alicyclic amines) is 1. The summed E-state index contributed by atoms with van der Waals surface area (Å²) in [6, 6.07) is 5.86. The van der Waals surface area contributed by atoms with Gasteiger partial charge in [0.2, 0.25) is 5.91 Å². The van der Waals surface area contributed by atoms with Gasteiger partial charge >= 0.3 is 5.69 Å². The van der Waals surface area contributed by atoms with Gasteiger partial charge in [0.15, 0.2) is 0 Å². The number of carbonyl (C=O) groups is 1. The van der Waals surface area contributed by atoms with Crippen molar-refractivity contribution in [2.75, 3.05) is 13.6 Å². The number of imidazole rings is 1. The maximum absolute atomic E-state index is 12.5. The predicted molar refractivity (Wildman–Crippen MR) is 94.9 cm³/mol. The van der Waals surface area contributed by atoms with Crippen LogP contribution >= 0.6 is 0 Å². The van der Waals surface area contributed by atoms with Crippen LogP contribution in [0, 0.1) is 0 Å². The second kappa shape index (κ2) is 6.81. The van der Waals surface area contributed by atoms with E-state index >= 15 is 0 Å². The zero-order valence-corrected chi connectivity index (χ0v) is 14.7. The van der Waals surface area contributed by atoms with E-state index in [9.17, 15) is 9.59 Å². The molecule has 1 aliphatic heterocycles. The van der Waals surface area contributed by atoms with Crippen LogP contribution in [0.3, 0.4) is 0 Å². The lowest BCUT2D eigenvalue weighted by atomic mass is 10.1. The minimum atomic E-state index is -0.0359. The number of aryl methyl sites for hydroxylation is 2. The van der Waals surface area contributed by atoms with Crippen molar-refractivity contribution in [3.05, 3.63) is 34.2 Å². The third kappa shape index (κ3) is 3.11. The second-order valence-corrected chi connectivity index (χ2v) is 6.79. The topological polar surface area (TPSA) is 59.3 Å². The van der Waals surface area contributed by atoms with Crippen LogP contribution in [0.4, 0.5) is 0 Å². The SMILES string of the molecule is CN1CCCCC[C@@H]1C(=O)NCc1ccc2c(c1)n(C)c(=O)n2C. The minimum absolute atomic E-state index is 0.0303. The van der Waals surface area contributed by atoms with Crippen molar-refractivity contribution in [2.45, 2.75) is 38.3 Å². The van der Waals surface area contributed by atoms with Crippen molar-refractivity contribution in [3.63, 3.8) is 0 Å². The van der Waals surface area contributed by atoms with Gasteiger partial charge in [0.25, 0.3) is 0 Å². The number of hydrogen-bond acceptors (Lipinski definition) is 3. The molecule has 0 saturated carbocycles. The average Bonchev–Trinajstić information content (AvgIpc) is 2.75. The van der Waals surface area contributed by atoms with E-state index in [1.165, 1.54) is 12.8 Å². The van der Waals surface area contributed by atoms with Gasteiger partial charge in [-0.15, -0.1) is 0 Å². The third-order valence-corrected chi connectivity index (χ3v) is 5.13. The Balaban J connectivity index is 1.72. The van der Waals surface area contributed by atoms with E-state index in [0.717, 1.165) is 36.0 Å². The summed E-state index contributed by atoms with van der Waals surface area (Å²) in [6.07, 6.45) is 4.40. The molecule has 6 nitrogen and oxygen atoms in total. The predicted octanol–water partition coefficient (Wildman–Crippen LogP) is 1.37. The van der Waals surface area contributed by atoms with Crippen molar-refractivity contribution in [1.29, 1.82) is 0 Å². The molecule has 2 aromatic rings. The van der Waals surface area contributed by atoms with Crippen molar-refractivity contribution in [1.82, 2.24) is 19.4 Å². The fourth-order valence-electron chi connectivity index (χ4n) is 3.55. The summed E-state index contributed by atoms with van der Waals surface area (Å²) in [4.78, 5) is 26.7. The van der Waals surface area contributed by atoms with Gasteiger partial charge in [0.1, 0.15) is 0 Å². The molecule has 0 spiro atoms. The van der Waals surface area contributed by atoms with Crippen LogP contribution in [0.1, 0.15) is 31.2 Å². The molecular formula is C18H26N4O2. The number of likely N-dealkylation sites (N-methyl/N-ethyl adjacent to an activating group) is 1. The van der Waals surface area contributed by atoms with Crippen molar-refractivity contribution < 1.29 is 4.79 Å². The third-order valence-electron chi connectivity index (χ3n) is 5.13. The van der Waals surface area contributed by atoms with E-state index in [2.05, 4.69) is 10.2 Å². The van der Waals surface area contributed by atoms with Crippen LogP contribution in [-0.4, -0.2) is 39.6 Å². The molecule has 1 saturated heterocycles. The normalized spacial score (nSPS) is 19.4. The number of nitrogens with zero attached hydrogens (tertiary/aromatic N) is 3. The monoisotopic (exact) mass is 330 g/mol. The first-order chi connectivity index (χ1) is 11.5. The van der Waals surface area contributed by atoms with E-state index in [4.69, 9.17) is 0 Å². The van der Waals surface area contributed by atoms with Crippen LogP contribution < -0.4 is 11.0 Å². The molecule has 1 amide bonds. The highest BCUT2D eigenvalue weighted by Crippen LogP contribution is 2.16. The molecule has 0 radical (unpaired) electrons. The number of nitrogens with one attached hydrogen (secondary N) is 1. The van der Waals surface area contributed by atoms with Crippen LogP contribution in [0.5, 0.6) is 0 Å². The molecule has 1 aromatic carbocycles. The molecule has 1 N–H and O–H groups in total. The quantitative estimate of drug-likeness (QED) is 0.925. The molecule has 1 aromatic heterocycles. The lowest BCUT2D eigenvalue weighted by Gasteiger charge is -2.24. The first kappa shape index (κ1) is 16.8. The van der Waals surface area contributed by atoms with E-state index < -0.39 is 0 Å². The molecule has 130 valence electrons. The molecule has 24 heavy (non-hydrogen) atoms. The Morgan fingerprint density at radius 3 is 2.67 bits per heavy atom. The van der Waals surface area contributed by atoms with Gasteiger partial charge in [-0.05, 0) is 44.1 Å². The van der Waals surface area contributed by atoms with Crippen LogP contribution in [-0.2, 0) is 25.4 Å². The molecule has 3 rings (SSSR count). The van der Waals surface area contributed by atoms with Crippen LogP contribution in [0.15, 0.2) is 23.0 Å². The Labute approximate surface area is 142 Å². The van der Waals surface area contributed by atoms with Gasteiger partial charge in [-0.1, -0.05) is 18.9 Å². The molecule has 1 aliphatic rings. The number of hydrogen-bond donors (Lipinski definition) is 1. The molecule has 0 unspecified atom stereocenters. The Kier molecular flexibility index (Phi) is 4.76. The van der Waals surface area contributed by atoms with Gasteiger partial charge in [0, 0.05) is 20.6 Å². The number of amides is 1. The molecule has 2 heterocycles. The van der Waals surface area contributed by atoms with Crippen molar-refractivity contribution in [3.8, 4) is 0 Å². The number of rotatable bonds is 3. The highest BCUT2D eigenvalue weighted by atomic mass is 16.2. The molecule has 0 bridgehead atoms. The van der Waals surface area contributed by atoms with E-state index in [1.54, 1.807) is 23.2 Å². The number of carbonyl (C=O) groups excluding carboxylic acids is 1. The van der Waals surface area contributed by atoms with Crippen molar-refractivity contribution >= 4 is 16.9 Å². The highest BCUT2D eigenvalue weighted by molar-refractivity contribution is 5.82. The van der Waals surface area contributed by atoms with Crippen LogP contribution in [0.2, 0.25) is 0 Å². The maximum atomic E-state index is 12.5. The molecule has 6 heteroatoms. The highest BCUT2D eigenvalue weighted by Gasteiger charge is 2.24. The largest absolute Gasteiger partial charge is 0.351 e. The molecule has 1 fully saturated rings. The standard InChI is InChI=1S/C18H26N4O2/c1-20-10-6-4-5-7-15(20)17(23)19-12-13-8-9-14-16(11-13)22(3)18(24)21(14)2/h8-9,11,15H,4-7,10,12H2,1-3H3,(H,19,23)/t15-/m1/s1. The lowest BCUT2D eigenvalue weighted by molar-refractivity contribution is -0.126. The lowest BCUT2D eigenvalue weighted by Crippen LogP contribution is -2.44. The van der Waals surface area contributed by atoms with Crippen LogP contribution in [0.25, 0.3) is 11.0 Å². The maximum Gasteiger partial charge on any atom is 0.328 e. The number of aromatic nitrogens is 2. The van der Waals surface area contributed by atoms with Gasteiger partial charge in [0.05, 0.1) is 17.1 Å². The van der Waals surface area contributed by atoms with Gasteiger partial charge < -0.3 is 5.32 Å². The summed E-state index contributed by atoms with van der Waals surface area (Å²) in [5.74, 6) is 0.0986. The molecule has 1 atom stereocenters. The minimum Gasteiger partial charge on any atom is -0.351 e. The van der Waals surface area contributed by atoms with Crippen molar-refractivity contribution in [2.24, 2.45) is 14.1 Å². The average molecular weight is 330 g/mol. The smallest absolute Gasteiger partial charge is 0.328 e. The summed E-state index contributed by atoms with van der Waals surface area (Å²) < 4.78 is 3.28. The van der Waals surface area contributed by atoms with E-state index in [1.807, 2.05) is 25.2 Å². The summed E-state index contributed by atoms with van der Waals surface area (Å²) >= 11 is 0. The summed E-state index contributed by atoms with van der Waals surface area (Å²) in [6.45, 7) is 1.47. The first-order valence-electron chi connectivity index (χ1n) is 8.61. The fraction of sp³-hybridized carbons (Fsp3) is 0.556. The Morgan fingerprint density at radius 2 is 1.88 bits per heavy atom. The Bertz CT molecular complexity index is 805. The summed E-state index contributed by atoms with van der Waals surface area (Å²) in [5, 5.41) is 3.06. The second-order valence-electron chi connectivity index (χ2n) is 6.79. The summed E-state index contributed by atoms with van der Waals surface area (Å²) in [5.41, 5.74) is 2.77. The Morgan fingerprint density at radius 1 is 1.12 bits per heavy atom. The molecular weight excluding hydrogens is 304 g/mol. The zero-order chi connectivity index (χ0) is 17.3. The number of benzene rings is 1.